The van der Waals surface area contributed by atoms with Crippen LogP contribution >= 0.6 is 0 Å². The first-order chi connectivity index (χ1) is 50.4. The quantitative estimate of drug-likeness (QED) is 0.0275. The Morgan fingerprint density at radius 3 is 1.66 bits per heavy atom. The molecule has 2 aliphatic carbocycles. The Kier molecular flexibility index (Phi) is 32.9. The number of likely N-dealkylation sites (tertiary alicyclic amines) is 2. The number of benzene rings is 1. The zero-order valence-electron chi connectivity index (χ0n) is 60.1. The first kappa shape index (κ1) is 84.9. The van der Waals surface area contributed by atoms with Crippen LogP contribution in [-0.2, 0) is 87.9 Å². The third-order valence-electron chi connectivity index (χ3n) is 19.5. The number of carbonyl (C=O) groups excluding carboxylic acids is 17. The first-order valence-electron chi connectivity index (χ1n) is 35.9. The van der Waals surface area contributed by atoms with Crippen molar-refractivity contribution < 1.29 is 96.8 Å². The van der Waals surface area contributed by atoms with Crippen molar-refractivity contribution >= 4 is 111 Å². The fourth-order valence-electron chi connectivity index (χ4n) is 14.0. The number of carbonyl (C=O) groups is 17. The lowest BCUT2D eigenvalue weighted by Crippen LogP contribution is -2.59. The molecule has 1 aromatic heterocycles. The van der Waals surface area contributed by atoms with Gasteiger partial charge >= 0.3 is 0 Å². The maximum atomic E-state index is 14.3. The molecule has 2 saturated carbocycles. The number of para-hydroxylation sites is 1. The summed E-state index contributed by atoms with van der Waals surface area (Å²) in [4.78, 5) is 233. The van der Waals surface area contributed by atoms with Crippen LogP contribution in [0.5, 0.6) is 0 Å². The van der Waals surface area contributed by atoms with Gasteiger partial charge in [-0.1, -0.05) is 44.9 Å². The summed E-state index contributed by atoms with van der Waals surface area (Å²) < 4.78 is 0. The molecule has 2 aliphatic heterocycles. The summed E-state index contributed by atoms with van der Waals surface area (Å²) in [7, 11) is 0. The fourth-order valence-corrected chi connectivity index (χ4v) is 14.0. The minimum absolute atomic E-state index is 0.000694. The summed E-state index contributed by atoms with van der Waals surface area (Å²) >= 11 is 0. The summed E-state index contributed by atoms with van der Waals surface area (Å²) in [5.74, 6) is -16.8. The van der Waals surface area contributed by atoms with Gasteiger partial charge in [-0.05, 0) is 108 Å². The van der Waals surface area contributed by atoms with Gasteiger partial charge in [-0.25, -0.2) is 0 Å². The minimum Gasteiger partial charge on any atom is -0.394 e. The van der Waals surface area contributed by atoms with E-state index in [0.717, 1.165) is 21.4 Å². The highest BCUT2D eigenvalue weighted by Gasteiger charge is 2.49. The molecule has 0 bridgehead atoms. The zero-order valence-corrected chi connectivity index (χ0v) is 60.1. The van der Waals surface area contributed by atoms with Crippen molar-refractivity contribution in [3.8, 4) is 0 Å². The largest absolute Gasteiger partial charge is 0.394 e. The molecule has 0 radical (unpaired) electrons. The normalized spacial score (nSPS) is 20.6. The van der Waals surface area contributed by atoms with Gasteiger partial charge in [0.15, 0.2) is 5.78 Å². The van der Waals surface area contributed by atoms with Gasteiger partial charge in [0.25, 0.3) is 0 Å². The van der Waals surface area contributed by atoms with Gasteiger partial charge in [-0.15, -0.1) is 0 Å². The molecular weight excluding hydrogens is 1390 g/mol. The van der Waals surface area contributed by atoms with Crippen molar-refractivity contribution in [3.63, 3.8) is 0 Å². The lowest BCUT2D eigenvalue weighted by atomic mass is 9.78. The summed E-state index contributed by atoms with van der Waals surface area (Å²) in [5.41, 5.74) is 18.0. The van der Waals surface area contributed by atoms with E-state index in [9.17, 15) is 96.8 Å². The fraction of sp³-hybridized carbons (Fsp3) is 0.638. The van der Waals surface area contributed by atoms with Crippen molar-refractivity contribution in [1.29, 1.82) is 0 Å². The number of amides is 15. The number of hydrogen-bond acceptors (Lipinski definition) is 21. The molecule has 2 aromatic rings. The number of rotatable bonds is 41. The number of hydrogen-bond donors (Lipinski definition) is 18. The SMILES string of the molecule is CC(=O)N[C@@H](Cc1c[nH]c2ccccc12)C(=O)N[C@@H](CC(C)C)C(=O)N[C@@H](CCCCN)C(=O)N[C@@H](CC(N)=O)C(=O)NCC(=O)NCC(=O)N1CCC[C@H]1C(=O)N[C@@H](CO)C(=O)NC(CO)C(=O)NCC(=O)NC(C)C(=O)C1CCC[C@@H]1C(=O)C1CCC[C@H]1C(=O)N1CCC[C@H]1C(=O)N[C@@H](CO)C(N)=O. The molecule has 0 spiro atoms. The van der Waals surface area contributed by atoms with Gasteiger partial charge in [0.1, 0.15) is 60.2 Å². The van der Waals surface area contributed by atoms with E-state index in [0.29, 0.717) is 64.2 Å². The number of nitrogens with zero attached hydrogens (tertiary/aromatic N) is 2. The van der Waals surface area contributed by atoms with Crippen LogP contribution in [0.1, 0.15) is 130 Å². The zero-order chi connectivity index (χ0) is 78.1. The van der Waals surface area contributed by atoms with Crippen LogP contribution in [0.15, 0.2) is 30.5 Å². The highest BCUT2D eigenvalue weighted by molar-refractivity contribution is 6.01. The second-order valence-electron chi connectivity index (χ2n) is 27.7. The van der Waals surface area contributed by atoms with E-state index in [1.54, 1.807) is 20.0 Å². The number of aliphatic hydroxyl groups excluding tert-OH is 3. The number of ketones is 2. The summed E-state index contributed by atoms with van der Waals surface area (Å²) in [6.07, 6.45) is 5.39. The predicted molar refractivity (Wildman–Crippen MR) is 376 cm³/mol. The number of nitrogens with one attached hydrogen (secondary N) is 12. The van der Waals surface area contributed by atoms with E-state index in [2.05, 4.69) is 63.5 Å². The Labute approximate surface area is 611 Å². The van der Waals surface area contributed by atoms with Crippen LogP contribution in [0.2, 0.25) is 0 Å². The van der Waals surface area contributed by atoms with Crippen LogP contribution in [0.4, 0.5) is 0 Å². The molecule has 2 saturated heterocycles. The topological polar surface area (TPSA) is 584 Å². The standard InChI is InChI=1S/C69H103N17O20/c1-35(2)25-46(80-65(102)47(78-37(4)90)26-38-28-73-44-18-6-5-13-39(38)44)64(101)79-45(19-7-8-22-70)63(100)81-48(27-54(71)91)61(98)75-29-55(92)74-31-57(94)85-23-11-20-52(85)67(104)84-51(34-89)66(103)83-50(33-88)62(99)76-30-56(93)77-36(3)58(95)40-14-9-15-41(40)59(96)42-16-10-17-43(42)69(106)86-24-12-21-53(86)68(105)82-49(32-87)60(72)97/h5-6,13,18,28,35-36,40-43,45-53,73,87-89H,7-12,14-17,19-27,29-34,70H2,1-4H3,(H2,71,91)(H2,72,97)(H,74,92)(H,75,98)(H,76,99)(H,77,93)(H,78,90)(H,79,101)(H,80,102)(H,81,100)(H,82,105)(H,83,103)(H,84,104)/t36?,40?,41-,42?,43+,45-,46-,47-,48-,49-,50?,51-,52-,53-/m0/s1. The molecule has 4 unspecified atom stereocenters. The molecule has 37 heteroatoms. The van der Waals surface area contributed by atoms with E-state index in [-0.39, 0.29) is 63.4 Å². The summed E-state index contributed by atoms with van der Waals surface area (Å²) in [6, 6.07) is -6.23. The Morgan fingerprint density at radius 2 is 1.05 bits per heavy atom. The Morgan fingerprint density at radius 1 is 0.528 bits per heavy atom. The molecule has 6 rings (SSSR count). The average molecular weight is 1490 g/mol. The third kappa shape index (κ3) is 24.0. The third-order valence-corrected chi connectivity index (χ3v) is 19.5. The van der Waals surface area contributed by atoms with E-state index in [1.807, 2.05) is 24.3 Å². The smallest absolute Gasteiger partial charge is 0.245 e. The number of aromatic nitrogens is 1. The molecule has 15 amide bonds. The number of primary amides is 2. The van der Waals surface area contributed by atoms with Gasteiger partial charge in [-0.3, -0.25) is 81.5 Å². The second kappa shape index (κ2) is 41.0. The number of fused-ring (bicyclic) bond motifs is 1. The minimum atomic E-state index is -1.76. The molecule has 106 heavy (non-hydrogen) atoms. The molecule has 21 N–H and O–H groups in total. The lowest BCUT2D eigenvalue weighted by molar-refractivity contribution is -0.146. The van der Waals surface area contributed by atoms with Crippen molar-refractivity contribution in [3.05, 3.63) is 36.0 Å². The highest BCUT2D eigenvalue weighted by atomic mass is 16.3. The molecule has 3 heterocycles. The van der Waals surface area contributed by atoms with Gasteiger partial charge < -0.3 is 106 Å². The number of aliphatic hydroxyl groups is 3. The highest BCUT2D eigenvalue weighted by Crippen LogP contribution is 2.43. The van der Waals surface area contributed by atoms with Gasteiger partial charge in [0, 0.05) is 67.2 Å². The number of nitrogens with two attached hydrogens (primary N) is 3. The van der Waals surface area contributed by atoms with Crippen molar-refractivity contribution in [1.82, 2.24) is 73.3 Å². The monoisotopic (exact) mass is 1490 g/mol. The van der Waals surface area contributed by atoms with Crippen molar-refractivity contribution in [2.45, 2.75) is 191 Å². The molecule has 584 valence electrons. The van der Waals surface area contributed by atoms with Crippen LogP contribution < -0.4 is 75.7 Å². The van der Waals surface area contributed by atoms with Crippen molar-refractivity contribution in [2.75, 3.05) is 59.1 Å². The maximum Gasteiger partial charge on any atom is 0.245 e. The summed E-state index contributed by atoms with van der Waals surface area (Å²) in [5, 5.41) is 57.2. The summed E-state index contributed by atoms with van der Waals surface area (Å²) in [6.45, 7) is 1.61. The van der Waals surface area contributed by atoms with Crippen LogP contribution in [0.25, 0.3) is 10.9 Å². The molecule has 1 aromatic carbocycles. The Balaban J connectivity index is 0.947. The molecular formula is C69H103N17O20. The molecule has 37 nitrogen and oxygen atoms in total. The molecule has 14 atom stereocenters. The van der Waals surface area contributed by atoms with E-state index in [1.165, 1.54) is 18.7 Å². The molecule has 4 fully saturated rings. The lowest BCUT2D eigenvalue weighted by Gasteiger charge is -2.31. The van der Waals surface area contributed by atoms with E-state index < -0.39 is 224 Å². The van der Waals surface area contributed by atoms with Crippen molar-refractivity contribution in [2.24, 2.45) is 46.8 Å². The van der Waals surface area contributed by atoms with E-state index in [4.69, 9.17) is 17.2 Å². The Bertz CT molecular complexity index is 3550. The van der Waals surface area contributed by atoms with Gasteiger partial charge in [0.05, 0.1) is 51.9 Å². The van der Waals surface area contributed by atoms with Crippen LogP contribution in [0, 0.1) is 29.6 Å². The Hall–Kier alpha value is -10.0. The predicted octanol–water partition coefficient (Wildman–Crippen LogP) is -6.56. The number of Topliss-reactive ketones (excluding diaryl/α,β-unsaturated/α-hetero) is 2. The van der Waals surface area contributed by atoms with E-state index >= 15 is 0 Å². The number of aromatic amines is 1. The van der Waals surface area contributed by atoms with Gasteiger partial charge in [0.2, 0.25) is 88.6 Å². The first-order valence-corrected chi connectivity index (χ1v) is 35.9. The van der Waals surface area contributed by atoms with Gasteiger partial charge in [-0.2, -0.15) is 0 Å². The maximum absolute atomic E-state index is 14.3. The number of H-pyrrole nitrogens is 1. The van der Waals surface area contributed by atoms with Crippen LogP contribution in [0.3, 0.4) is 0 Å². The second-order valence-corrected chi connectivity index (χ2v) is 27.7. The number of unbranched alkanes of at least 4 members (excludes halogenated alkanes) is 1. The average Bonchev–Trinajstić information content (AvgIpc) is 1.62. The van der Waals surface area contributed by atoms with Crippen LogP contribution in [-0.4, -0.2) is 250 Å². The molecule has 4 aliphatic rings.